The highest BCUT2D eigenvalue weighted by molar-refractivity contribution is 7.94. The van der Waals surface area contributed by atoms with Crippen molar-refractivity contribution in [3.8, 4) is 5.75 Å². The first-order chi connectivity index (χ1) is 13.7. The van der Waals surface area contributed by atoms with E-state index in [9.17, 15) is 13.2 Å². The first kappa shape index (κ1) is 21.1. The number of carbonyl (C=O) groups is 1. The number of sulfone groups is 1. The molecule has 0 radical (unpaired) electrons. The van der Waals surface area contributed by atoms with E-state index in [-0.39, 0.29) is 17.8 Å². The van der Waals surface area contributed by atoms with Crippen LogP contribution in [0.2, 0.25) is 0 Å². The fraction of sp³-hybridized carbons (Fsp3) is 0.348. The summed E-state index contributed by atoms with van der Waals surface area (Å²) in [5.74, 6) is 0.700. The molecular weight excluding hydrogens is 386 g/mol. The van der Waals surface area contributed by atoms with E-state index in [2.05, 4.69) is 13.8 Å². The van der Waals surface area contributed by atoms with Gasteiger partial charge in [0.2, 0.25) is 0 Å². The lowest BCUT2D eigenvalue weighted by molar-refractivity contribution is 0.0983. The molecular formula is C23H27NO4S. The van der Waals surface area contributed by atoms with Gasteiger partial charge in [-0.25, -0.2) is 8.42 Å². The number of ether oxygens (including phenoxy) is 1. The molecule has 1 heterocycles. The summed E-state index contributed by atoms with van der Waals surface area (Å²) in [7, 11) is -3.30. The topological polar surface area (TPSA) is 63.7 Å². The Morgan fingerprint density at radius 2 is 1.62 bits per heavy atom. The van der Waals surface area contributed by atoms with Gasteiger partial charge in [0.05, 0.1) is 17.9 Å². The Balaban J connectivity index is 1.94. The zero-order chi connectivity index (χ0) is 21.2. The van der Waals surface area contributed by atoms with E-state index in [1.165, 1.54) is 5.41 Å². The van der Waals surface area contributed by atoms with Crippen molar-refractivity contribution < 1.29 is 17.9 Å². The Hall–Kier alpha value is -2.60. The lowest BCUT2D eigenvalue weighted by Gasteiger charge is -2.28. The van der Waals surface area contributed by atoms with Gasteiger partial charge in [-0.05, 0) is 67.8 Å². The minimum absolute atomic E-state index is 0.0429. The Morgan fingerprint density at radius 3 is 2.10 bits per heavy atom. The van der Waals surface area contributed by atoms with Crippen molar-refractivity contribution >= 4 is 21.4 Å². The number of amides is 1. The molecule has 0 aliphatic carbocycles. The summed E-state index contributed by atoms with van der Waals surface area (Å²) in [4.78, 5) is 14.9. The average Bonchev–Trinajstić information content (AvgIpc) is 3.01. The fourth-order valence-electron chi connectivity index (χ4n) is 3.29. The van der Waals surface area contributed by atoms with Gasteiger partial charge in [-0.2, -0.15) is 0 Å². The lowest BCUT2D eigenvalue weighted by Crippen LogP contribution is -2.41. The van der Waals surface area contributed by atoms with Crippen LogP contribution in [0.4, 0.5) is 5.69 Å². The number of benzene rings is 2. The predicted octanol–water partition coefficient (Wildman–Crippen LogP) is 4.55. The molecule has 0 aromatic heterocycles. The highest BCUT2D eigenvalue weighted by atomic mass is 32.2. The molecule has 1 aliphatic rings. The van der Waals surface area contributed by atoms with Crippen LogP contribution in [0.25, 0.3) is 0 Å². The van der Waals surface area contributed by atoms with Gasteiger partial charge in [0.25, 0.3) is 5.91 Å². The van der Waals surface area contributed by atoms with Crippen LogP contribution >= 0.6 is 0 Å². The zero-order valence-corrected chi connectivity index (χ0v) is 18.0. The Labute approximate surface area is 172 Å². The van der Waals surface area contributed by atoms with Gasteiger partial charge in [0.1, 0.15) is 5.75 Å². The maximum atomic E-state index is 13.4. The van der Waals surface area contributed by atoms with Crippen LogP contribution in [0.5, 0.6) is 5.75 Å². The van der Waals surface area contributed by atoms with Crippen molar-refractivity contribution in [1.29, 1.82) is 0 Å². The van der Waals surface area contributed by atoms with Crippen LogP contribution in [-0.4, -0.2) is 32.2 Å². The first-order valence-electron chi connectivity index (χ1n) is 9.77. The van der Waals surface area contributed by atoms with Gasteiger partial charge in [-0.1, -0.05) is 26.0 Å². The van der Waals surface area contributed by atoms with E-state index in [0.29, 0.717) is 22.9 Å². The smallest absolute Gasteiger partial charge is 0.258 e. The normalized spacial score (nSPS) is 17.7. The van der Waals surface area contributed by atoms with Crippen LogP contribution in [-0.2, 0) is 9.84 Å². The minimum Gasteiger partial charge on any atom is -0.491 e. The van der Waals surface area contributed by atoms with Crippen LogP contribution in [0.3, 0.4) is 0 Å². The van der Waals surface area contributed by atoms with E-state index in [1.807, 2.05) is 38.1 Å². The molecule has 0 N–H and O–H groups in total. The average molecular weight is 414 g/mol. The van der Waals surface area contributed by atoms with E-state index in [4.69, 9.17) is 4.74 Å². The summed E-state index contributed by atoms with van der Waals surface area (Å²) in [5, 5.41) is 1.19. The van der Waals surface area contributed by atoms with Crippen molar-refractivity contribution in [2.24, 2.45) is 0 Å². The van der Waals surface area contributed by atoms with Crippen molar-refractivity contribution in [2.45, 2.75) is 45.8 Å². The highest BCUT2D eigenvalue weighted by Gasteiger charge is 2.32. The molecule has 0 unspecified atom stereocenters. The summed E-state index contributed by atoms with van der Waals surface area (Å²) in [6, 6.07) is 14.1. The van der Waals surface area contributed by atoms with Gasteiger partial charge in [-0.3, -0.25) is 4.79 Å². The van der Waals surface area contributed by atoms with Gasteiger partial charge in [0.15, 0.2) is 9.84 Å². The van der Waals surface area contributed by atoms with Gasteiger partial charge >= 0.3 is 0 Å². The molecule has 5 nitrogen and oxygen atoms in total. The first-order valence-corrected chi connectivity index (χ1v) is 11.5. The molecule has 0 saturated heterocycles. The van der Waals surface area contributed by atoms with E-state index < -0.39 is 15.9 Å². The van der Waals surface area contributed by atoms with E-state index in [1.54, 1.807) is 35.2 Å². The minimum atomic E-state index is -3.30. The Bertz CT molecular complexity index is 990. The molecule has 3 rings (SSSR count). The molecule has 0 bridgehead atoms. The number of hydrogen-bond donors (Lipinski definition) is 0. The third-order valence-electron chi connectivity index (χ3n) is 4.77. The molecule has 2 aromatic carbocycles. The number of hydrogen-bond acceptors (Lipinski definition) is 4. The van der Waals surface area contributed by atoms with Crippen molar-refractivity contribution in [3.05, 3.63) is 71.1 Å². The summed E-state index contributed by atoms with van der Waals surface area (Å²) >= 11 is 0. The Kier molecular flexibility index (Phi) is 6.13. The zero-order valence-electron chi connectivity index (χ0n) is 17.2. The van der Waals surface area contributed by atoms with Crippen LogP contribution < -0.4 is 9.64 Å². The molecule has 0 saturated carbocycles. The highest BCUT2D eigenvalue weighted by Crippen LogP contribution is 2.27. The quantitative estimate of drug-likeness (QED) is 0.697. The summed E-state index contributed by atoms with van der Waals surface area (Å²) in [5.41, 5.74) is 2.31. The second-order valence-corrected chi connectivity index (χ2v) is 9.77. The molecule has 1 amide bonds. The van der Waals surface area contributed by atoms with E-state index in [0.717, 1.165) is 5.56 Å². The number of nitrogens with zero attached hydrogens (tertiary/aromatic N) is 1. The molecule has 1 aliphatic heterocycles. The molecule has 0 fully saturated rings. The molecule has 6 heteroatoms. The standard InChI is InChI=1S/C23H27NO4S/c1-16(2)18-5-9-20(10-6-18)24(21-13-14-29(26,27)15-21)23(25)19-7-11-22(12-8-19)28-17(3)4/h5-14,16-17,21H,15H2,1-4H3/t21-/m1/s1. The molecule has 154 valence electrons. The predicted molar refractivity (Wildman–Crippen MR) is 116 cm³/mol. The van der Waals surface area contributed by atoms with Gasteiger partial charge in [-0.15, -0.1) is 0 Å². The second kappa shape index (κ2) is 8.41. The number of carbonyl (C=O) groups excluding carboxylic acids is 1. The largest absolute Gasteiger partial charge is 0.491 e. The van der Waals surface area contributed by atoms with Crippen LogP contribution in [0, 0.1) is 0 Å². The molecule has 0 spiro atoms. The monoisotopic (exact) mass is 413 g/mol. The van der Waals surface area contributed by atoms with Gasteiger partial charge in [0, 0.05) is 16.7 Å². The second-order valence-electron chi connectivity index (χ2n) is 7.84. The number of rotatable bonds is 6. The van der Waals surface area contributed by atoms with Gasteiger partial charge < -0.3 is 9.64 Å². The van der Waals surface area contributed by atoms with Crippen molar-refractivity contribution in [1.82, 2.24) is 0 Å². The van der Waals surface area contributed by atoms with Crippen LogP contribution in [0.15, 0.2) is 60.0 Å². The molecule has 2 aromatic rings. The van der Waals surface area contributed by atoms with E-state index >= 15 is 0 Å². The van der Waals surface area contributed by atoms with Crippen LogP contribution in [0.1, 0.15) is 49.5 Å². The fourth-order valence-corrected chi connectivity index (χ4v) is 4.55. The van der Waals surface area contributed by atoms with Crippen molar-refractivity contribution in [3.63, 3.8) is 0 Å². The molecule has 29 heavy (non-hydrogen) atoms. The molecule has 1 atom stereocenters. The Morgan fingerprint density at radius 1 is 1.00 bits per heavy atom. The summed E-state index contributed by atoms with van der Waals surface area (Å²) < 4.78 is 29.6. The summed E-state index contributed by atoms with van der Waals surface area (Å²) in [6.45, 7) is 8.08. The SMILES string of the molecule is CC(C)Oc1ccc(C(=O)N(c2ccc(C(C)C)cc2)[C@@H]2C=CS(=O)(=O)C2)cc1. The summed E-state index contributed by atoms with van der Waals surface area (Å²) in [6.07, 6.45) is 1.63. The number of anilines is 1. The maximum Gasteiger partial charge on any atom is 0.258 e. The maximum absolute atomic E-state index is 13.4. The third-order valence-corrected chi connectivity index (χ3v) is 6.15. The third kappa shape index (κ3) is 5.07. The lowest BCUT2D eigenvalue weighted by atomic mass is 10.0. The van der Waals surface area contributed by atoms with Crippen molar-refractivity contribution in [2.75, 3.05) is 10.7 Å².